The zero-order valence-electron chi connectivity index (χ0n) is 12.1. The van der Waals surface area contributed by atoms with E-state index in [2.05, 4.69) is 24.9 Å². The van der Waals surface area contributed by atoms with Gasteiger partial charge in [-0.3, -0.25) is 4.98 Å². The van der Waals surface area contributed by atoms with Crippen LogP contribution in [0.1, 0.15) is 0 Å². The molecule has 3 aromatic rings. The Morgan fingerprint density at radius 2 is 1.83 bits per heavy atom. The Morgan fingerprint density at radius 3 is 2.50 bits per heavy atom. The molecule has 6 nitrogen and oxygen atoms in total. The lowest BCUT2D eigenvalue weighted by atomic mass is 10.2. The molecule has 0 fully saturated rings. The highest BCUT2D eigenvalue weighted by atomic mass is 35.5. The van der Waals surface area contributed by atoms with Crippen LogP contribution in [0.25, 0.3) is 22.8 Å². The molecule has 10 heteroatoms. The maximum Gasteiger partial charge on any atom is 0.388 e. The molecule has 0 amide bonds. The largest absolute Gasteiger partial charge is 0.416 e. The summed E-state index contributed by atoms with van der Waals surface area (Å²) >= 11 is 12.0. The topological polar surface area (TPSA) is 65.7 Å². The monoisotopic (exact) mass is 371 g/mol. The fraction of sp³-hybridized carbons (Fsp3) is 0.143. The first-order valence-electron chi connectivity index (χ1n) is 6.57. The standard InChI is InChI=1S/C14H9Cl2F2N5O/c1-23-11(8-2-3-19-6-10(8)16)21-22-12(23)9-4-7(15)5-20-13(9)24-14(17)18/h2-6,14H,1H3. The van der Waals surface area contributed by atoms with Gasteiger partial charge in [-0.2, -0.15) is 8.78 Å². The molecule has 0 atom stereocenters. The number of halogens is 4. The minimum Gasteiger partial charge on any atom is -0.416 e. The molecule has 24 heavy (non-hydrogen) atoms. The minimum atomic E-state index is -3.03. The first-order valence-corrected chi connectivity index (χ1v) is 7.33. The molecule has 0 aliphatic rings. The van der Waals surface area contributed by atoms with E-state index in [0.29, 0.717) is 16.4 Å². The van der Waals surface area contributed by atoms with E-state index in [4.69, 9.17) is 23.2 Å². The summed E-state index contributed by atoms with van der Waals surface area (Å²) < 4.78 is 31.2. The Balaban J connectivity index is 2.12. The highest BCUT2D eigenvalue weighted by Crippen LogP contribution is 2.33. The van der Waals surface area contributed by atoms with Gasteiger partial charge in [0.05, 0.1) is 15.6 Å². The third-order valence-electron chi connectivity index (χ3n) is 3.15. The number of pyridine rings is 2. The molecule has 0 radical (unpaired) electrons. The van der Waals surface area contributed by atoms with Crippen LogP contribution in [0.15, 0.2) is 30.7 Å². The van der Waals surface area contributed by atoms with Crippen LogP contribution in [0.2, 0.25) is 10.0 Å². The summed E-state index contributed by atoms with van der Waals surface area (Å²) in [5.74, 6) is 0.390. The molecule has 0 spiro atoms. The van der Waals surface area contributed by atoms with E-state index in [-0.39, 0.29) is 22.3 Å². The van der Waals surface area contributed by atoms with Gasteiger partial charge in [0.15, 0.2) is 11.6 Å². The van der Waals surface area contributed by atoms with Gasteiger partial charge in [-0.05, 0) is 12.1 Å². The molecule has 0 aromatic carbocycles. The van der Waals surface area contributed by atoms with Crippen molar-refractivity contribution < 1.29 is 13.5 Å². The molecule has 0 bridgehead atoms. The fourth-order valence-electron chi connectivity index (χ4n) is 2.12. The lowest BCUT2D eigenvalue weighted by molar-refractivity contribution is -0.0524. The van der Waals surface area contributed by atoms with Gasteiger partial charge in [0.25, 0.3) is 0 Å². The average Bonchev–Trinajstić information content (AvgIpc) is 2.91. The summed E-state index contributed by atoms with van der Waals surface area (Å²) in [6.07, 6.45) is 4.24. The fourth-order valence-corrected chi connectivity index (χ4v) is 2.48. The predicted octanol–water partition coefficient (Wildman–Crippen LogP) is 3.85. The van der Waals surface area contributed by atoms with Crippen molar-refractivity contribution in [2.24, 2.45) is 7.05 Å². The molecule has 0 aliphatic heterocycles. The average molecular weight is 372 g/mol. The van der Waals surface area contributed by atoms with E-state index in [0.717, 1.165) is 0 Å². The number of ether oxygens (including phenoxy) is 1. The van der Waals surface area contributed by atoms with Crippen LogP contribution < -0.4 is 4.74 Å². The maximum atomic E-state index is 12.6. The third kappa shape index (κ3) is 3.15. The highest BCUT2D eigenvalue weighted by molar-refractivity contribution is 6.33. The zero-order chi connectivity index (χ0) is 17.3. The van der Waals surface area contributed by atoms with Gasteiger partial charge in [0.1, 0.15) is 0 Å². The van der Waals surface area contributed by atoms with Crippen LogP contribution in [0.4, 0.5) is 8.78 Å². The Kier molecular flexibility index (Phi) is 4.59. The van der Waals surface area contributed by atoms with Crippen molar-refractivity contribution in [1.82, 2.24) is 24.7 Å². The number of hydrogen-bond donors (Lipinski definition) is 0. The summed E-state index contributed by atoms with van der Waals surface area (Å²) in [4.78, 5) is 7.69. The van der Waals surface area contributed by atoms with Gasteiger partial charge < -0.3 is 9.30 Å². The van der Waals surface area contributed by atoms with Crippen LogP contribution >= 0.6 is 23.2 Å². The first kappa shape index (κ1) is 16.5. The van der Waals surface area contributed by atoms with Gasteiger partial charge >= 0.3 is 6.61 Å². The van der Waals surface area contributed by atoms with Gasteiger partial charge in [-0.25, -0.2) is 4.98 Å². The molecule has 3 rings (SSSR count). The summed E-state index contributed by atoms with van der Waals surface area (Å²) in [5.41, 5.74) is 0.786. The minimum absolute atomic E-state index is 0.189. The second-order valence-electron chi connectivity index (χ2n) is 4.65. The van der Waals surface area contributed by atoms with Crippen LogP contribution in [-0.2, 0) is 7.05 Å². The van der Waals surface area contributed by atoms with Gasteiger partial charge in [-0.15, -0.1) is 10.2 Å². The van der Waals surface area contributed by atoms with E-state index < -0.39 is 6.61 Å². The van der Waals surface area contributed by atoms with Crippen molar-refractivity contribution in [3.63, 3.8) is 0 Å². The van der Waals surface area contributed by atoms with Crippen LogP contribution in [0.5, 0.6) is 5.88 Å². The smallest absolute Gasteiger partial charge is 0.388 e. The van der Waals surface area contributed by atoms with Gasteiger partial charge in [0, 0.05) is 31.2 Å². The van der Waals surface area contributed by atoms with Crippen molar-refractivity contribution in [3.8, 4) is 28.7 Å². The number of hydrogen-bond acceptors (Lipinski definition) is 5. The van der Waals surface area contributed by atoms with Gasteiger partial charge in [-0.1, -0.05) is 23.2 Å². The number of aromatic nitrogens is 5. The van der Waals surface area contributed by atoms with Crippen LogP contribution in [0.3, 0.4) is 0 Å². The van der Waals surface area contributed by atoms with Crippen molar-refractivity contribution in [2.45, 2.75) is 6.61 Å². The second-order valence-corrected chi connectivity index (χ2v) is 5.49. The van der Waals surface area contributed by atoms with E-state index in [1.165, 1.54) is 18.5 Å². The van der Waals surface area contributed by atoms with Crippen LogP contribution in [0, 0.1) is 0 Å². The molecule has 3 aromatic heterocycles. The quantitative estimate of drug-likeness (QED) is 0.696. The van der Waals surface area contributed by atoms with Crippen molar-refractivity contribution in [1.29, 1.82) is 0 Å². The third-order valence-corrected chi connectivity index (χ3v) is 3.66. The zero-order valence-corrected chi connectivity index (χ0v) is 13.6. The highest BCUT2D eigenvalue weighted by Gasteiger charge is 2.20. The van der Waals surface area contributed by atoms with Crippen molar-refractivity contribution in [2.75, 3.05) is 0 Å². The van der Waals surface area contributed by atoms with E-state index in [9.17, 15) is 8.78 Å². The van der Waals surface area contributed by atoms with Crippen LogP contribution in [-0.4, -0.2) is 31.3 Å². The second kappa shape index (κ2) is 6.66. The molecule has 0 aliphatic carbocycles. The molecule has 124 valence electrons. The Bertz CT molecular complexity index is 887. The Labute approximate surface area is 145 Å². The SMILES string of the molecule is Cn1c(-c2ccncc2Cl)nnc1-c1cc(Cl)cnc1OC(F)F. The lowest BCUT2D eigenvalue weighted by Crippen LogP contribution is -2.06. The normalized spacial score (nSPS) is 11.1. The van der Waals surface area contributed by atoms with E-state index in [1.54, 1.807) is 23.9 Å². The predicted molar refractivity (Wildman–Crippen MR) is 84.1 cm³/mol. The lowest BCUT2D eigenvalue weighted by Gasteiger charge is -2.10. The molecular formula is C14H9Cl2F2N5O. The number of rotatable bonds is 4. The van der Waals surface area contributed by atoms with E-state index >= 15 is 0 Å². The summed E-state index contributed by atoms with van der Waals surface area (Å²) in [6.45, 7) is -3.03. The van der Waals surface area contributed by atoms with Gasteiger partial charge in [0.2, 0.25) is 5.88 Å². The Morgan fingerprint density at radius 1 is 1.12 bits per heavy atom. The van der Waals surface area contributed by atoms with E-state index in [1.807, 2.05) is 0 Å². The summed E-state index contributed by atoms with van der Waals surface area (Å²) in [7, 11) is 1.66. The molecule has 3 heterocycles. The Hall–Kier alpha value is -2.32. The summed E-state index contributed by atoms with van der Waals surface area (Å²) in [6, 6.07) is 3.09. The van der Waals surface area contributed by atoms with Crippen molar-refractivity contribution >= 4 is 23.2 Å². The molecular weight excluding hydrogens is 363 g/mol. The molecule has 0 saturated carbocycles. The summed E-state index contributed by atoms with van der Waals surface area (Å²) in [5, 5.41) is 8.71. The molecule has 0 N–H and O–H groups in total. The number of alkyl halides is 2. The first-order chi connectivity index (χ1) is 11.5. The molecule has 0 unspecified atom stereocenters. The number of nitrogens with zero attached hydrogens (tertiary/aromatic N) is 5. The molecule has 0 saturated heterocycles. The van der Waals surface area contributed by atoms with Crippen molar-refractivity contribution in [3.05, 3.63) is 40.8 Å². The maximum absolute atomic E-state index is 12.6.